The van der Waals surface area contributed by atoms with Gasteiger partial charge in [0.1, 0.15) is 11.6 Å². The zero-order chi connectivity index (χ0) is 15.6. The van der Waals surface area contributed by atoms with Crippen LogP contribution in [0.15, 0.2) is 42.5 Å². The van der Waals surface area contributed by atoms with Gasteiger partial charge in [0, 0.05) is 0 Å². The summed E-state index contributed by atoms with van der Waals surface area (Å²) in [7, 11) is 1.53. The van der Waals surface area contributed by atoms with Crippen molar-refractivity contribution in [3.05, 3.63) is 70.8 Å². The number of halogens is 5. The van der Waals surface area contributed by atoms with Crippen molar-refractivity contribution in [2.24, 2.45) is 0 Å². The van der Waals surface area contributed by atoms with Crippen molar-refractivity contribution in [3.8, 4) is 0 Å². The predicted octanol–water partition coefficient (Wildman–Crippen LogP) is 4.29. The van der Waals surface area contributed by atoms with E-state index >= 15 is 0 Å². The molecule has 0 aromatic heterocycles. The topological polar surface area (TPSA) is 12.0 Å². The van der Waals surface area contributed by atoms with Gasteiger partial charge in [-0.15, -0.1) is 0 Å². The fourth-order valence-corrected chi connectivity index (χ4v) is 2.15. The molecule has 1 nitrogen and oxygen atoms in total. The highest BCUT2D eigenvalue weighted by molar-refractivity contribution is 5.36. The molecule has 21 heavy (non-hydrogen) atoms. The van der Waals surface area contributed by atoms with Crippen LogP contribution in [-0.4, -0.2) is 7.05 Å². The van der Waals surface area contributed by atoms with E-state index in [1.54, 1.807) is 6.07 Å². The lowest BCUT2D eigenvalue weighted by atomic mass is 9.97. The standard InChI is InChI=1S/C15H12F5N/c1-21-14(9-3-2-4-11(16)7-9)10-5-6-13(17)12(8-10)15(18,19)20/h2-8,14,21H,1H3. The average molecular weight is 301 g/mol. The Kier molecular flexibility index (Phi) is 4.27. The van der Waals surface area contributed by atoms with Crippen molar-refractivity contribution >= 4 is 0 Å². The van der Waals surface area contributed by atoms with Crippen LogP contribution >= 0.6 is 0 Å². The largest absolute Gasteiger partial charge is 0.419 e. The molecule has 0 radical (unpaired) electrons. The van der Waals surface area contributed by atoms with E-state index in [1.165, 1.54) is 31.3 Å². The molecule has 1 N–H and O–H groups in total. The Morgan fingerprint density at radius 3 is 2.19 bits per heavy atom. The molecule has 0 saturated carbocycles. The first-order chi connectivity index (χ1) is 9.82. The van der Waals surface area contributed by atoms with Crippen LogP contribution in [0, 0.1) is 11.6 Å². The number of hydrogen-bond acceptors (Lipinski definition) is 1. The van der Waals surface area contributed by atoms with Crippen LogP contribution in [0.5, 0.6) is 0 Å². The van der Waals surface area contributed by atoms with E-state index in [0.717, 1.165) is 12.1 Å². The molecule has 2 aromatic carbocycles. The third kappa shape index (κ3) is 3.39. The molecule has 6 heteroatoms. The average Bonchev–Trinajstić information content (AvgIpc) is 2.40. The molecule has 1 unspecified atom stereocenters. The van der Waals surface area contributed by atoms with Crippen LogP contribution in [0.4, 0.5) is 22.0 Å². The molecule has 0 saturated heterocycles. The molecule has 0 aliphatic heterocycles. The zero-order valence-corrected chi connectivity index (χ0v) is 11.0. The summed E-state index contributed by atoms with van der Waals surface area (Å²) in [5.41, 5.74) is -0.675. The monoisotopic (exact) mass is 301 g/mol. The molecular formula is C15H12F5N. The predicted molar refractivity (Wildman–Crippen MR) is 68.7 cm³/mol. The Morgan fingerprint density at radius 2 is 1.62 bits per heavy atom. The van der Waals surface area contributed by atoms with Gasteiger partial charge in [0.05, 0.1) is 11.6 Å². The van der Waals surface area contributed by atoms with E-state index in [2.05, 4.69) is 5.32 Å². The first-order valence-corrected chi connectivity index (χ1v) is 6.12. The van der Waals surface area contributed by atoms with E-state index in [-0.39, 0.29) is 5.56 Å². The van der Waals surface area contributed by atoms with Crippen LogP contribution in [-0.2, 0) is 6.18 Å². The van der Waals surface area contributed by atoms with Gasteiger partial charge in [-0.25, -0.2) is 8.78 Å². The van der Waals surface area contributed by atoms with Gasteiger partial charge in [0.15, 0.2) is 0 Å². The Morgan fingerprint density at radius 1 is 0.952 bits per heavy atom. The maximum absolute atomic E-state index is 13.3. The van der Waals surface area contributed by atoms with Crippen LogP contribution in [0.3, 0.4) is 0 Å². The lowest BCUT2D eigenvalue weighted by Gasteiger charge is -2.19. The maximum atomic E-state index is 13.3. The molecule has 0 aliphatic carbocycles. The number of hydrogen-bond donors (Lipinski definition) is 1. The highest BCUT2D eigenvalue weighted by Gasteiger charge is 2.34. The van der Waals surface area contributed by atoms with Gasteiger partial charge in [-0.1, -0.05) is 18.2 Å². The van der Waals surface area contributed by atoms with E-state index in [0.29, 0.717) is 5.56 Å². The number of nitrogens with one attached hydrogen (secondary N) is 1. The van der Waals surface area contributed by atoms with Gasteiger partial charge in [-0.2, -0.15) is 13.2 Å². The van der Waals surface area contributed by atoms with E-state index in [4.69, 9.17) is 0 Å². The third-order valence-corrected chi connectivity index (χ3v) is 3.10. The van der Waals surface area contributed by atoms with Crippen molar-refractivity contribution in [1.29, 1.82) is 0 Å². The molecule has 0 spiro atoms. The van der Waals surface area contributed by atoms with Crippen LogP contribution < -0.4 is 5.32 Å². The SMILES string of the molecule is CNC(c1cccc(F)c1)c1ccc(F)c(C(F)(F)F)c1. The number of benzene rings is 2. The summed E-state index contributed by atoms with van der Waals surface area (Å²) in [5.74, 6) is -1.83. The molecular weight excluding hydrogens is 289 g/mol. The number of alkyl halides is 3. The van der Waals surface area contributed by atoms with E-state index < -0.39 is 29.4 Å². The van der Waals surface area contributed by atoms with Crippen LogP contribution in [0.2, 0.25) is 0 Å². The smallest absolute Gasteiger partial charge is 0.309 e. The van der Waals surface area contributed by atoms with Gasteiger partial charge in [-0.05, 0) is 42.4 Å². The molecule has 0 aliphatic rings. The summed E-state index contributed by atoms with van der Waals surface area (Å²) in [6, 6.07) is 7.59. The van der Waals surface area contributed by atoms with Crippen molar-refractivity contribution in [3.63, 3.8) is 0 Å². The second-order valence-electron chi connectivity index (χ2n) is 4.51. The first-order valence-electron chi connectivity index (χ1n) is 6.12. The van der Waals surface area contributed by atoms with Gasteiger partial charge in [0.25, 0.3) is 0 Å². The molecule has 0 heterocycles. The lowest BCUT2D eigenvalue weighted by molar-refractivity contribution is -0.140. The van der Waals surface area contributed by atoms with Crippen LogP contribution in [0.1, 0.15) is 22.7 Å². The minimum Gasteiger partial charge on any atom is -0.309 e. The van der Waals surface area contributed by atoms with Crippen molar-refractivity contribution in [2.75, 3.05) is 7.05 Å². The Balaban J connectivity index is 2.49. The molecule has 1 atom stereocenters. The number of rotatable bonds is 3. The van der Waals surface area contributed by atoms with Gasteiger partial charge in [0.2, 0.25) is 0 Å². The van der Waals surface area contributed by atoms with E-state index in [1.807, 2.05) is 0 Å². The molecule has 0 amide bonds. The summed E-state index contributed by atoms with van der Waals surface area (Å²) in [6.45, 7) is 0. The summed E-state index contributed by atoms with van der Waals surface area (Å²) < 4.78 is 64.8. The lowest BCUT2D eigenvalue weighted by Crippen LogP contribution is -2.19. The van der Waals surface area contributed by atoms with Gasteiger partial charge < -0.3 is 5.32 Å². The zero-order valence-electron chi connectivity index (χ0n) is 11.0. The van der Waals surface area contributed by atoms with Crippen molar-refractivity contribution in [2.45, 2.75) is 12.2 Å². The maximum Gasteiger partial charge on any atom is 0.419 e. The summed E-state index contributed by atoms with van der Waals surface area (Å²) in [5, 5.41) is 2.80. The fourth-order valence-electron chi connectivity index (χ4n) is 2.15. The Bertz CT molecular complexity index is 636. The highest BCUT2D eigenvalue weighted by Crippen LogP contribution is 2.34. The van der Waals surface area contributed by atoms with Gasteiger partial charge >= 0.3 is 6.18 Å². The second-order valence-corrected chi connectivity index (χ2v) is 4.51. The third-order valence-electron chi connectivity index (χ3n) is 3.10. The van der Waals surface area contributed by atoms with Crippen molar-refractivity contribution in [1.82, 2.24) is 5.32 Å². The van der Waals surface area contributed by atoms with Crippen molar-refractivity contribution < 1.29 is 22.0 Å². The summed E-state index contributed by atoms with van der Waals surface area (Å²) >= 11 is 0. The molecule has 0 fully saturated rings. The molecule has 112 valence electrons. The van der Waals surface area contributed by atoms with E-state index in [9.17, 15) is 22.0 Å². The molecule has 0 bridgehead atoms. The minimum absolute atomic E-state index is 0.205. The normalized spacial score (nSPS) is 13.2. The highest BCUT2D eigenvalue weighted by atomic mass is 19.4. The molecule has 2 aromatic rings. The Hall–Kier alpha value is -1.95. The first kappa shape index (κ1) is 15.4. The quantitative estimate of drug-likeness (QED) is 0.834. The molecule has 2 rings (SSSR count). The second kappa shape index (κ2) is 5.81. The Labute approximate surface area is 118 Å². The van der Waals surface area contributed by atoms with Crippen LogP contribution in [0.25, 0.3) is 0 Å². The van der Waals surface area contributed by atoms with Gasteiger partial charge in [-0.3, -0.25) is 0 Å². The minimum atomic E-state index is -4.78. The summed E-state index contributed by atoms with van der Waals surface area (Å²) in [6.07, 6.45) is -4.78. The summed E-state index contributed by atoms with van der Waals surface area (Å²) in [4.78, 5) is 0. The fraction of sp³-hybridized carbons (Fsp3) is 0.200.